The van der Waals surface area contributed by atoms with Crippen LogP contribution in [0, 0.1) is 0 Å². The summed E-state index contributed by atoms with van der Waals surface area (Å²) in [5.41, 5.74) is -1.66. The number of aromatic nitrogens is 2. The van der Waals surface area contributed by atoms with Gasteiger partial charge in [0.25, 0.3) is 0 Å². The second kappa shape index (κ2) is 6.27. The van der Waals surface area contributed by atoms with Crippen molar-refractivity contribution in [2.45, 2.75) is 26.9 Å². The van der Waals surface area contributed by atoms with Crippen LogP contribution in [0.5, 0.6) is 0 Å². The number of halogens is 2. The highest BCUT2D eigenvalue weighted by Crippen LogP contribution is 2.60. The molecule has 0 aliphatic heterocycles. The van der Waals surface area contributed by atoms with Crippen molar-refractivity contribution < 1.29 is 4.52 Å². The van der Waals surface area contributed by atoms with E-state index >= 15 is 0 Å². The lowest BCUT2D eigenvalue weighted by Crippen LogP contribution is -2.12. The summed E-state index contributed by atoms with van der Waals surface area (Å²) >= 11 is 19.4. The van der Waals surface area contributed by atoms with Crippen LogP contribution < -0.4 is 5.44 Å². The van der Waals surface area contributed by atoms with E-state index in [4.69, 9.17) is 39.5 Å². The molecule has 0 N–H and O–H groups in total. The summed E-state index contributed by atoms with van der Waals surface area (Å²) in [6, 6.07) is 0. The lowest BCUT2D eigenvalue weighted by atomic mass is 10.5. The average molecular weight is 333 g/mol. The van der Waals surface area contributed by atoms with Crippen molar-refractivity contribution in [3.8, 4) is 0 Å². The molecule has 0 fully saturated rings. The number of hydrogen-bond acceptors (Lipinski definition) is 4. The molecule has 0 aliphatic carbocycles. The molecule has 1 aromatic heterocycles. The molecule has 8 heteroatoms. The Labute approximate surface area is 121 Å². The molecule has 0 amide bonds. The lowest BCUT2D eigenvalue weighted by Gasteiger charge is -2.21. The molecule has 0 radical (unpaired) electrons. The van der Waals surface area contributed by atoms with Gasteiger partial charge in [0.1, 0.15) is 15.6 Å². The van der Waals surface area contributed by atoms with Crippen LogP contribution in [0.4, 0.5) is 0 Å². The van der Waals surface area contributed by atoms with Gasteiger partial charge in [-0.25, -0.2) is 0 Å². The third kappa shape index (κ3) is 3.62. The quantitative estimate of drug-likeness (QED) is 0.765. The molecule has 1 atom stereocenters. The number of aryl methyl sites for hydroxylation is 1. The van der Waals surface area contributed by atoms with E-state index in [2.05, 4.69) is 5.10 Å². The van der Waals surface area contributed by atoms with Crippen molar-refractivity contribution in [3.05, 3.63) is 10.2 Å². The van der Waals surface area contributed by atoms with Crippen LogP contribution in [0.2, 0.25) is 10.2 Å². The average Bonchev–Trinajstić information content (AvgIpc) is 2.45. The molecule has 1 rings (SSSR count). The maximum atomic E-state index is 6.17. The predicted molar refractivity (Wildman–Crippen MR) is 81.5 cm³/mol. The van der Waals surface area contributed by atoms with E-state index < -0.39 is 5.47 Å². The molecule has 0 aliphatic rings. The zero-order chi connectivity index (χ0) is 13.2. The van der Waals surface area contributed by atoms with Crippen LogP contribution in [0.3, 0.4) is 0 Å². The SMILES string of the molecule is CCSP(=S)(OC(C)C)c1nn(C)c(Cl)c1Cl. The first-order valence-corrected chi connectivity index (χ1v) is 10.2. The largest absolute Gasteiger partial charge is 0.334 e. The van der Waals surface area contributed by atoms with Crippen molar-refractivity contribution in [1.82, 2.24) is 9.78 Å². The topological polar surface area (TPSA) is 27.1 Å². The van der Waals surface area contributed by atoms with Gasteiger partial charge < -0.3 is 4.52 Å². The summed E-state index contributed by atoms with van der Waals surface area (Å²) in [7, 11) is 1.74. The van der Waals surface area contributed by atoms with Crippen molar-refractivity contribution in [3.63, 3.8) is 0 Å². The van der Waals surface area contributed by atoms with Gasteiger partial charge in [0.15, 0.2) is 5.47 Å². The van der Waals surface area contributed by atoms with Gasteiger partial charge in [0.2, 0.25) is 0 Å². The minimum Gasteiger partial charge on any atom is -0.334 e. The molecule has 1 aromatic rings. The second-order valence-corrected chi connectivity index (χ2v) is 11.4. The van der Waals surface area contributed by atoms with Crippen molar-refractivity contribution in [1.29, 1.82) is 0 Å². The van der Waals surface area contributed by atoms with E-state index in [0.717, 1.165) is 5.75 Å². The van der Waals surface area contributed by atoms with Crippen molar-refractivity contribution in [2.24, 2.45) is 7.05 Å². The molecule has 0 bridgehead atoms. The summed E-state index contributed by atoms with van der Waals surface area (Å²) in [5, 5.41) is 5.12. The first-order chi connectivity index (χ1) is 7.81. The monoisotopic (exact) mass is 332 g/mol. The van der Waals surface area contributed by atoms with Crippen molar-refractivity contribution in [2.75, 3.05) is 5.75 Å². The van der Waals surface area contributed by atoms with Gasteiger partial charge in [-0.15, -0.1) is 0 Å². The standard InChI is InChI=1S/C9H15Cl2N2OPS2/c1-5-17-15(16,14-6(2)3)9-7(10)8(11)13(4)12-9/h6H,5H2,1-4H3. The summed E-state index contributed by atoms with van der Waals surface area (Å²) in [5.74, 6) is 0.856. The second-order valence-electron chi connectivity index (χ2n) is 3.62. The zero-order valence-electron chi connectivity index (χ0n) is 10.1. The summed E-state index contributed by atoms with van der Waals surface area (Å²) in [6.07, 6.45) is 0.0386. The lowest BCUT2D eigenvalue weighted by molar-refractivity contribution is 0.279. The fourth-order valence-corrected chi connectivity index (χ4v) is 8.32. The maximum Gasteiger partial charge on any atom is 0.170 e. The molecular weight excluding hydrogens is 318 g/mol. The van der Waals surface area contributed by atoms with Gasteiger partial charge in [-0.3, -0.25) is 4.68 Å². The van der Waals surface area contributed by atoms with E-state index in [1.807, 2.05) is 20.8 Å². The third-order valence-electron chi connectivity index (χ3n) is 1.81. The zero-order valence-corrected chi connectivity index (χ0v) is 14.1. The smallest absolute Gasteiger partial charge is 0.170 e. The van der Waals surface area contributed by atoms with E-state index in [1.54, 1.807) is 18.4 Å². The van der Waals surface area contributed by atoms with Gasteiger partial charge >= 0.3 is 0 Å². The fraction of sp³-hybridized carbons (Fsp3) is 0.667. The fourth-order valence-electron chi connectivity index (χ4n) is 1.23. The van der Waals surface area contributed by atoms with Crippen LogP contribution in [0.15, 0.2) is 0 Å². The highest BCUT2D eigenvalue weighted by molar-refractivity contribution is 8.71. The van der Waals surface area contributed by atoms with Gasteiger partial charge in [-0.1, -0.05) is 41.5 Å². The van der Waals surface area contributed by atoms with Crippen LogP contribution >= 0.6 is 40.1 Å². The van der Waals surface area contributed by atoms with Crippen LogP contribution in [-0.4, -0.2) is 21.6 Å². The van der Waals surface area contributed by atoms with E-state index in [0.29, 0.717) is 15.6 Å². The molecule has 0 aromatic carbocycles. The Morgan fingerprint density at radius 1 is 1.53 bits per heavy atom. The van der Waals surface area contributed by atoms with Crippen LogP contribution in [0.25, 0.3) is 0 Å². The molecule has 1 heterocycles. The molecule has 0 saturated heterocycles. The molecule has 98 valence electrons. The van der Waals surface area contributed by atoms with E-state index in [9.17, 15) is 0 Å². The van der Waals surface area contributed by atoms with Gasteiger partial charge in [-0.2, -0.15) is 5.10 Å². The number of hydrogen-bond donors (Lipinski definition) is 0. The molecule has 17 heavy (non-hydrogen) atoms. The summed E-state index contributed by atoms with van der Waals surface area (Å²) in [6.45, 7) is 5.94. The normalized spacial score (nSPS) is 15.2. The minimum absolute atomic E-state index is 0.0386. The Morgan fingerprint density at radius 3 is 2.47 bits per heavy atom. The number of rotatable bonds is 5. The maximum absolute atomic E-state index is 6.17. The summed E-state index contributed by atoms with van der Waals surface area (Å²) in [4.78, 5) is 0. The van der Waals surface area contributed by atoms with E-state index in [-0.39, 0.29) is 6.10 Å². The molecule has 0 saturated carbocycles. The highest BCUT2D eigenvalue weighted by Gasteiger charge is 2.30. The van der Waals surface area contributed by atoms with Crippen molar-refractivity contribution >= 4 is 57.3 Å². The minimum atomic E-state index is -2.27. The molecule has 3 nitrogen and oxygen atoms in total. The first-order valence-electron chi connectivity index (χ1n) is 5.13. The Morgan fingerprint density at radius 2 is 2.12 bits per heavy atom. The van der Waals surface area contributed by atoms with Crippen LogP contribution in [0.1, 0.15) is 20.8 Å². The van der Waals surface area contributed by atoms with Gasteiger partial charge in [0.05, 0.1) is 6.10 Å². The van der Waals surface area contributed by atoms with E-state index in [1.165, 1.54) is 4.68 Å². The Hall–Kier alpha value is 0.750. The highest BCUT2D eigenvalue weighted by atomic mass is 35.5. The molecule has 1 unspecified atom stereocenters. The first kappa shape index (κ1) is 15.8. The number of nitrogens with zero attached hydrogens (tertiary/aromatic N) is 2. The Kier molecular flexibility index (Phi) is 5.83. The van der Waals surface area contributed by atoms with Gasteiger partial charge in [-0.05, 0) is 31.4 Å². The third-order valence-corrected chi connectivity index (χ3v) is 9.26. The van der Waals surface area contributed by atoms with Crippen LogP contribution in [-0.2, 0) is 23.4 Å². The Balaban J connectivity index is 3.22. The van der Waals surface area contributed by atoms with Gasteiger partial charge in [0, 0.05) is 7.05 Å². The molecule has 0 spiro atoms. The predicted octanol–water partition coefficient (Wildman–Crippen LogP) is 3.84. The molecular formula is C9H15Cl2N2OPS2. The summed E-state index contributed by atoms with van der Waals surface area (Å²) < 4.78 is 7.41. The Bertz CT molecular complexity index is 450.